The van der Waals surface area contributed by atoms with Crippen LogP contribution in [-0.2, 0) is 16.0 Å². The molecule has 1 atom stereocenters. The highest BCUT2D eigenvalue weighted by Gasteiger charge is 2.42. The molecule has 0 bridgehead atoms. The second-order valence-electron chi connectivity index (χ2n) is 6.71. The Kier molecular flexibility index (Phi) is 7.11. The summed E-state index contributed by atoms with van der Waals surface area (Å²) in [6.07, 6.45) is 0.718. The second kappa shape index (κ2) is 9.57. The Labute approximate surface area is 185 Å². The average molecular weight is 450 g/mol. The molecule has 3 rings (SSSR count). The number of rotatable bonds is 7. The quantitative estimate of drug-likeness (QED) is 0.637. The van der Waals surface area contributed by atoms with E-state index in [1.165, 1.54) is 0 Å². The molecular formula is C21H21Cl2N3O2S. The minimum absolute atomic E-state index is 0.0265. The fourth-order valence-electron chi connectivity index (χ4n) is 3.26. The van der Waals surface area contributed by atoms with Crippen molar-refractivity contribution in [2.45, 2.75) is 25.8 Å². The number of hydrogen-bond acceptors (Lipinski definition) is 3. The van der Waals surface area contributed by atoms with E-state index in [-0.39, 0.29) is 18.2 Å². The van der Waals surface area contributed by atoms with Crippen LogP contribution in [0.1, 0.15) is 18.9 Å². The van der Waals surface area contributed by atoms with Crippen LogP contribution >= 0.6 is 35.4 Å². The number of halogens is 2. The summed E-state index contributed by atoms with van der Waals surface area (Å²) < 4.78 is 0. The number of anilines is 1. The summed E-state index contributed by atoms with van der Waals surface area (Å²) in [7, 11) is 0. The molecular weight excluding hydrogens is 429 g/mol. The number of nitrogens with zero attached hydrogens (tertiary/aromatic N) is 2. The first-order valence-corrected chi connectivity index (χ1v) is 10.5. The lowest BCUT2D eigenvalue weighted by Gasteiger charge is -2.23. The molecule has 1 heterocycles. The third-order valence-corrected chi connectivity index (χ3v) is 5.74. The molecule has 5 nitrogen and oxygen atoms in total. The lowest BCUT2D eigenvalue weighted by Crippen LogP contribution is -2.39. The summed E-state index contributed by atoms with van der Waals surface area (Å²) in [4.78, 5) is 28.8. The molecule has 1 aliphatic rings. The molecule has 1 N–H and O–H groups in total. The van der Waals surface area contributed by atoms with E-state index in [2.05, 4.69) is 5.32 Å². The van der Waals surface area contributed by atoms with E-state index in [9.17, 15) is 9.59 Å². The number of hydrogen-bond donors (Lipinski definition) is 1. The fraction of sp³-hybridized carbons (Fsp3) is 0.286. The van der Waals surface area contributed by atoms with Crippen LogP contribution in [-0.4, -0.2) is 45.9 Å². The number of carbonyl (C=O) groups excluding carboxylic acids is 2. The van der Waals surface area contributed by atoms with E-state index >= 15 is 0 Å². The Hall–Kier alpha value is -2.15. The second-order valence-corrected chi connectivity index (χ2v) is 7.95. The predicted octanol–water partition coefficient (Wildman–Crippen LogP) is 4.38. The molecule has 0 saturated carbocycles. The molecule has 0 aliphatic carbocycles. The molecule has 0 radical (unpaired) electrons. The van der Waals surface area contributed by atoms with E-state index in [1.807, 2.05) is 36.1 Å². The SMILES string of the molecule is CCN1C(=O)[C@H](CC(=O)Nc2ccc(Cl)cc2)N(CCc2ccc(Cl)cc2)C1=S. The van der Waals surface area contributed by atoms with Crippen molar-refractivity contribution in [3.05, 3.63) is 64.1 Å². The lowest BCUT2D eigenvalue weighted by atomic mass is 10.1. The van der Waals surface area contributed by atoms with Gasteiger partial charge in [-0.1, -0.05) is 35.3 Å². The Balaban J connectivity index is 1.69. The Morgan fingerprint density at radius 2 is 1.66 bits per heavy atom. The first-order chi connectivity index (χ1) is 13.9. The summed E-state index contributed by atoms with van der Waals surface area (Å²) in [6.45, 7) is 2.89. The average Bonchev–Trinajstić information content (AvgIpc) is 2.92. The smallest absolute Gasteiger partial charge is 0.252 e. The minimum Gasteiger partial charge on any atom is -0.336 e. The summed E-state index contributed by atoms with van der Waals surface area (Å²) in [6, 6.07) is 13.8. The van der Waals surface area contributed by atoms with Crippen molar-refractivity contribution in [2.24, 2.45) is 0 Å². The molecule has 2 aromatic carbocycles. The van der Waals surface area contributed by atoms with Crippen LogP contribution in [0.3, 0.4) is 0 Å². The maximum Gasteiger partial charge on any atom is 0.252 e. The van der Waals surface area contributed by atoms with Crippen molar-refractivity contribution in [3.8, 4) is 0 Å². The molecule has 29 heavy (non-hydrogen) atoms. The highest BCUT2D eigenvalue weighted by Crippen LogP contribution is 2.22. The first-order valence-electron chi connectivity index (χ1n) is 9.31. The maximum absolute atomic E-state index is 12.8. The van der Waals surface area contributed by atoms with Gasteiger partial charge in [-0.25, -0.2) is 0 Å². The summed E-state index contributed by atoms with van der Waals surface area (Å²) >= 11 is 17.3. The topological polar surface area (TPSA) is 52.7 Å². The van der Waals surface area contributed by atoms with E-state index in [0.717, 1.165) is 5.56 Å². The standard InChI is InChI=1S/C21H21Cl2N3O2S/c1-2-25-20(28)18(13-19(27)24-17-9-7-16(23)8-10-17)26(21(25)29)12-11-14-3-5-15(22)6-4-14/h3-10,18H,2,11-13H2,1H3,(H,24,27)/t18-/m0/s1. The molecule has 1 fully saturated rings. The van der Waals surface area contributed by atoms with Gasteiger partial charge in [0.05, 0.1) is 6.42 Å². The van der Waals surface area contributed by atoms with Crippen LogP contribution in [0.5, 0.6) is 0 Å². The van der Waals surface area contributed by atoms with E-state index in [1.54, 1.807) is 29.2 Å². The number of thiocarbonyl (C=S) groups is 1. The molecule has 0 unspecified atom stereocenters. The summed E-state index contributed by atoms with van der Waals surface area (Å²) in [5.41, 5.74) is 1.72. The van der Waals surface area contributed by atoms with Gasteiger partial charge in [-0.2, -0.15) is 0 Å². The molecule has 0 aromatic heterocycles. The number of nitrogens with one attached hydrogen (secondary N) is 1. The maximum atomic E-state index is 12.8. The summed E-state index contributed by atoms with van der Waals surface area (Å²) in [5, 5.41) is 4.54. The van der Waals surface area contributed by atoms with Gasteiger partial charge < -0.3 is 10.2 Å². The van der Waals surface area contributed by atoms with Crippen LogP contribution in [0.4, 0.5) is 5.69 Å². The van der Waals surface area contributed by atoms with Crippen LogP contribution in [0.25, 0.3) is 0 Å². The van der Waals surface area contributed by atoms with Crippen LogP contribution < -0.4 is 5.32 Å². The largest absolute Gasteiger partial charge is 0.336 e. The molecule has 8 heteroatoms. The first kappa shape index (κ1) is 21.6. The van der Waals surface area contributed by atoms with Gasteiger partial charge in [-0.15, -0.1) is 0 Å². The van der Waals surface area contributed by atoms with Crippen molar-refractivity contribution in [1.29, 1.82) is 0 Å². The van der Waals surface area contributed by atoms with E-state index in [0.29, 0.717) is 40.4 Å². The van der Waals surface area contributed by atoms with Crippen molar-refractivity contribution >= 4 is 58.0 Å². The van der Waals surface area contributed by atoms with Gasteiger partial charge in [-0.05, 0) is 67.5 Å². The fourth-order valence-corrected chi connectivity index (χ4v) is 3.95. The molecule has 1 saturated heterocycles. The zero-order valence-corrected chi connectivity index (χ0v) is 18.2. The monoisotopic (exact) mass is 449 g/mol. The van der Waals surface area contributed by atoms with Gasteiger partial charge in [0, 0.05) is 28.8 Å². The van der Waals surface area contributed by atoms with Crippen molar-refractivity contribution in [2.75, 3.05) is 18.4 Å². The van der Waals surface area contributed by atoms with Crippen molar-refractivity contribution < 1.29 is 9.59 Å². The van der Waals surface area contributed by atoms with E-state index < -0.39 is 6.04 Å². The Morgan fingerprint density at radius 1 is 1.07 bits per heavy atom. The zero-order chi connectivity index (χ0) is 21.0. The van der Waals surface area contributed by atoms with Gasteiger partial charge in [0.25, 0.3) is 5.91 Å². The molecule has 2 aromatic rings. The molecule has 0 spiro atoms. The van der Waals surface area contributed by atoms with Crippen molar-refractivity contribution in [1.82, 2.24) is 9.80 Å². The predicted molar refractivity (Wildman–Crippen MR) is 120 cm³/mol. The van der Waals surface area contributed by atoms with E-state index in [4.69, 9.17) is 35.4 Å². The number of benzene rings is 2. The lowest BCUT2D eigenvalue weighted by molar-refractivity contribution is -0.130. The minimum atomic E-state index is -0.609. The molecule has 1 aliphatic heterocycles. The number of amides is 2. The third-order valence-electron chi connectivity index (χ3n) is 4.78. The highest BCUT2D eigenvalue weighted by atomic mass is 35.5. The van der Waals surface area contributed by atoms with Gasteiger partial charge in [-0.3, -0.25) is 14.5 Å². The molecule has 152 valence electrons. The third kappa shape index (κ3) is 5.26. The number of likely N-dealkylation sites (N-methyl/N-ethyl adjacent to an activating group) is 1. The van der Waals surface area contributed by atoms with Gasteiger partial charge in [0.1, 0.15) is 6.04 Å². The van der Waals surface area contributed by atoms with Gasteiger partial charge >= 0.3 is 0 Å². The normalized spacial score (nSPS) is 16.4. The van der Waals surface area contributed by atoms with Gasteiger partial charge in [0.15, 0.2) is 5.11 Å². The Morgan fingerprint density at radius 3 is 2.24 bits per heavy atom. The van der Waals surface area contributed by atoms with Crippen LogP contribution in [0, 0.1) is 0 Å². The number of carbonyl (C=O) groups is 2. The summed E-state index contributed by atoms with van der Waals surface area (Å²) in [5.74, 6) is -0.386. The van der Waals surface area contributed by atoms with Crippen LogP contribution in [0.2, 0.25) is 10.0 Å². The molecule has 2 amide bonds. The highest BCUT2D eigenvalue weighted by molar-refractivity contribution is 7.80. The zero-order valence-electron chi connectivity index (χ0n) is 15.9. The van der Waals surface area contributed by atoms with Crippen molar-refractivity contribution in [3.63, 3.8) is 0 Å². The van der Waals surface area contributed by atoms with Crippen LogP contribution in [0.15, 0.2) is 48.5 Å². The Bertz CT molecular complexity index is 903. The van der Waals surface area contributed by atoms with Gasteiger partial charge in [0.2, 0.25) is 5.91 Å².